The van der Waals surface area contributed by atoms with Gasteiger partial charge in [0, 0.05) is 15.5 Å². The quantitative estimate of drug-likeness (QED) is 0.682. The fourth-order valence-electron chi connectivity index (χ4n) is 1.63. The maximum absolute atomic E-state index is 8.92. The van der Waals surface area contributed by atoms with Gasteiger partial charge in [-0.25, -0.2) is 0 Å². The highest BCUT2D eigenvalue weighted by atomic mass is 79.9. The van der Waals surface area contributed by atoms with Crippen molar-refractivity contribution >= 4 is 37.5 Å². The molecule has 18 heavy (non-hydrogen) atoms. The van der Waals surface area contributed by atoms with Gasteiger partial charge in [0.05, 0.1) is 17.2 Å². The molecule has 1 aromatic carbocycles. The maximum Gasteiger partial charge on any atom is 0.0683 e. The van der Waals surface area contributed by atoms with Crippen LogP contribution in [0.5, 0.6) is 0 Å². The zero-order chi connectivity index (χ0) is 13.6. The van der Waals surface area contributed by atoms with Crippen molar-refractivity contribution in [3.8, 4) is 6.07 Å². The predicted molar refractivity (Wildman–Crippen MR) is 83.6 cm³/mol. The van der Waals surface area contributed by atoms with Gasteiger partial charge in [-0.2, -0.15) is 5.26 Å². The van der Waals surface area contributed by atoms with Crippen molar-refractivity contribution in [2.24, 2.45) is 5.41 Å². The lowest BCUT2D eigenvalue weighted by atomic mass is 9.89. The van der Waals surface area contributed by atoms with Gasteiger partial charge >= 0.3 is 0 Å². The molecule has 0 amide bonds. The molecule has 0 aromatic heterocycles. The molecular weight excluding hydrogens is 356 g/mol. The van der Waals surface area contributed by atoms with E-state index in [4.69, 9.17) is 5.26 Å². The summed E-state index contributed by atoms with van der Waals surface area (Å²) in [5, 5.41) is 12.3. The number of hydrogen-bond donors (Lipinski definition) is 1. The summed E-state index contributed by atoms with van der Waals surface area (Å²) in [7, 11) is 0. The van der Waals surface area contributed by atoms with Crippen molar-refractivity contribution in [2.75, 3.05) is 11.9 Å². The fraction of sp³-hybridized carbons (Fsp3) is 0.500. The van der Waals surface area contributed by atoms with Crippen molar-refractivity contribution < 1.29 is 0 Å². The van der Waals surface area contributed by atoms with Gasteiger partial charge in [0.1, 0.15) is 0 Å². The van der Waals surface area contributed by atoms with Crippen LogP contribution in [0.4, 0.5) is 5.69 Å². The summed E-state index contributed by atoms with van der Waals surface area (Å²) in [4.78, 5) is 0. The molecule has 0 atom stereocenters. The largest absolute Gasteiger partial charge is 0.383 e. The average Bonchev–Trinajstić information content (AvgIpc) is 2.32. The van der Waals surface area contributed by atoms with E-state index in [0.29, 0.717) is 0 Å². The minimum absolute atomic E-state index is 0.200. The molecule has 0 heterocycles. The third-order valence-corrected chi connectivity index (χ3v) is 4.12. The second kappa shape index (κ2) is 7.16. The van der Waals surface area contributed by atoms with Crippen LogP contribution in [0.3, 0.4) is 0 Å². The van der Waals surface area contributed by atoms with Crippen LogP contribution in [0, 0.1) is 16.7 Å². The second-order valence-corrected chi connectivity index (χ2v) is 6.68. The number of nitriles is 1. The zero-order valence-corrected chi connectivity index (χ0v) is 13.9. The first-order valence-electron chi connectivity index (χ1n) is 6.05. The van der Waals surface area contributed by atoms with E-state index in [1.807, 2.05) is 32.0 Å². The molecule has 4 heteroatoms. The van der Waals surface area contributed by atoms with Crippen LogP contribution in [0.25, 0.3) is 0 Å². The highest BCUT2D eigenvalue weighted by molar-refractivity contribution is 9.11. The first-order chi connectivity index (χ1) is 8.46. The van der Waals surface area contributed by atoms with E-state index < -0.39 is 0 Å². The van der Waals surface area contributed by atoms with E-state index in [0.717, 1.165) is 40.4 Å². The SMILES string of the molecule is CC(C)(C#N)CCCCNc1c(Br)cccc1Br. The third kappa shape index (κ3) is 4.99. The van der Waals surface area contributed by atoms with Gasteiger partial charge in [0.25, 0.3) is 0 Å². The Balaban J connectivity index is 2.33. The molecule has 0 saturated heterocycles. The van der Waals surface area contributed by atoms with E-state index >= 15 is 0 Å². The molecule has 0 fully saturated rings. The van der Waals surface area contributed by atoms with Crippen molar-refractivity contribution in [1.82, 2.24) is 0 Å². The number of unbranched alkanes of at least 4 members (excludes halogenated alkanes) is 1. The first-order valence-corrected chi connectivity index (χ1v) is 7.64. The third-order valence-electron chi connectivity index (χ3n) is 2.80. The van der Waals surface area contributed by atoms with Crippen molar-refractivity contribution in [2.45, 2.75) is 33.1 Å². The summed E-state index contributed by atoms with van der Waals surface area (Å²) >= 11 is 7.05. The summed E-state index contributed by atoms with van der Waals surface area (Å²) in [6.45, 7) is 4.90. The Hall–Kier alpha value is -0.530. The number of anilines is 1. The highest BCUT2D eigenvalue weighted by Crippen LogP contribution is 2.30. The Morgan fingerprint density at radius 1 is 1.22 bits per heavy atom. The molecule has 1 N–H and O–H groups in total. The summed E-state index contributed by atoms with van der Waals surface area (Å²) in [5.41, 5.74) is 0.894. The van der Waals surface area contributed by atoms with Crippen LogP contribution < -0.4 is 5.32 Å². The molecule has 0 spiro atoms. The van der Waals surface area contributed by atoms with Crippen molar-refractivity contribution in [3.05, 3.63) is 27.1 Å². The molecule has 0 aliphatic heterocycles. The molecule has 2 nitrogen and oxygen atoms in total. The molecule has 0 radical (unpaired) electrons. The maximum atomic E-state index is 8.92. The fourth-order valence-corrected chi connectivity index (χ4v) is 2.91. The van der Waals surface area contributed by atoms with Gasteiger partial charge in [0.15, 0.2) is 0 Å². The zero-order valence-electron chi connectivity index (χ0n) is 10.8. The lowest BCUT2D eigenvalue weighted by Crippen LogP contribution is -2.09. The molecule has 0 unspecified atom stereocenters. The monoisotopic (exact) mass is 372 g/mol. The van der Waals surface area contributed by atoms with Gasteiger partial charge in [-0.1, -0.05) is 12.5 Å². The molecule has 0 bridgehead atoms. The summed E-state index contributed by atoms with van der Waals surface area (Å²) in [5.74, 6) is 0. The Labute approximate surface area is 126 Å². The van der Waals surface area contributed by atoms with Crippen molar-refractivity contribution in [1.29, 1.82) is 5.26 Å². The number of benzene rings is 1. The normalized spacial score (nSPS) is 11.1. The number of hydrogen-bond acceptors (Lipinski definition) is 2. The first kappa shape index (κ1) is 15.5. The van der Waals surface area contributed by atoms with Crippen LogP contribution in [-0.4, -0.2) is 6.54 Å². The van der Waals surface area contributed by atoms with Gasteiger partial charge in [-0.3, -0.25) is 0 Å². The van der Waals surface area contributed by atoms with E-state index in [9.17, 15) is 0 Å². The van der Waals surface area contributed by atoms with E-state index in [1.54, 1.807) is 0 Å². The van der Waals surface area contributed by atoms with Gasteiger partial charge in [-0.05, 0) is 70.7 Å². The second-order valence-electron chi connectivity index (χ2n) is 4.98. The topological polar surface area (TPSA) is 35.8 Å². The summed E-state index contributed by atoms with van der Waals surface area (Å²) < 4.78 is 2.13. The Morgan fingerprint density at radius 3 is 2.39 bits per heavy atom. The van der Waals surface area contributed by atoms with Crippen LogP contribution in [0.1, 0.15) is 33.1 Å². The molecule has 0 aliphatic rings. The predicted octanol–water partition coefficient (Wildman–Crippen LogP) is 5.34. The summed E-state index contributed by atoms with van der Waals surface area (Å²) in [6.07, 6.45) is 3.08. The van der Waals surface area contributed by atoms with Crippen LogP contribution in [0.15, 0.2) is 27.1 Å². The molecule has 98 valence electrons. The van der Waals surface area contributed by atoms with E-state index in [2.05, 4.69) is 43.2 Å². The number of rotatable bonds is 6. The molecule has 0 aliphatic carbocycles. The van der Waals surface area contributed by atoms with Gasteiger partial charge in [-0.15, -0.1) is 0 Å². The Morgan fingerprint density at radius 2 is 1.83 bits per heavy atom. The molecule has 1 rings (SSSR count). The molecular formula is C14H18Br2N2. The van der Waals surface area contributed by atoms with Gasteiger partial charge < -0.3 is 5.32 Å². The lowest BCUT2D eigenvalue weighted by molar-refractivity contribution is 0.430. The van der Waals surface area contributed by atoms with Crippen LogP contribution in [0.2, 0.25) is 0 Å². The molecule has 1 aromatic rings. The van der Waals surface area contributed by atoms with Crippen LogP contribution >= 0.6 is 31.9 Å². The highest BCUT2D eigenvalue weighted by Gasteiger charge is 2.15. The van der Waals surface area contributed by atoms with E-state index in [-0.39, 0.29) is 5.41 Å². The van der Waals surface area contributed by atoms with E-state index in [1.165, 1.54) is 0 Å². The number of nitrogens with zero attached hydrogens (tertiary/aromatic N) is 1. The average molecular weight is 374 g/mol. The molecule has 0 saturated carbocycles. The number of halogens is 2. The minimum atomic E-state index is -0.200. The van der Waals surface area contributed by atoms with Crippen molar-refractivity contribution in [3.63, 3.8) is 0 Å². The standard InChI is InChI=1S/C14H18Br2N2/c1-14(2,10-17)8-3-4-9-18-13-11(15)6-5-7-12(13)16/h5-7,18H,3-4,8-9H2,1-2H3. The Kier molecular flexibility index (Phi) is 6.17. The lowest BCUT2D eigenvalue weighted by Gasteiger charge is -2.15. The number of para-hydroxylation sites is 1. The van der Waals surface area contributed by atoms with Crippen LogP contribution in [-0.2, 0) is 0 Å². The van der Waals surface area contributed by atoms with Gasteiger partial charge in [0.2, 0.25) is 0 Å². The Bertz CT molecular complexity index is 416. The summed E-state index contributed by atoms with van der Waals surface area (Å²) in [6, 6.07) is 8.37. The number of nitrogens with one attached hydrogen (secondary N) is 1. The smallest absolute Gasteiger partial charge is 0.0683 e. The minimum Gasteiger partial charge on any atom is -0.383 e.